The van der Waals surface area contributed by atoms with Gasteiger partial charge in [0.2, 0.25) is 0 Å². The standard InChI is InChI=1S/C13H15ClN2O2/c1-3-10(8-15)16-13(17)9(2)18-12-7-5-4-6-11(12)14/h4-7,9-10H,3H2,1-2H3,(H,16,17)/t9-,10-/m0/s1. The molecule has 2 atom stereocenters. The van der Waals surface area contributed by atoms with Gasteiger partial charge in [-0.3, -0.25) is 4.79 Å². The quantitative estimate of drug-likeness (QED) is 0.891. The zero-order chi connectivity index (χ0) is 13.5. The highest BCUT2D eigenvalue weighted by atomic mass is 35.5. The Morgan fingerprint density at radius 2 is 2.22 bits per heavy atom. The minimum absolute atomic E-state index is 0.330. The first kappa shape index (κ1) is 14.3. The van der Waals surface area contributed by atoms with E-state index in [0.29, 0.717) is 17.2 Å². The van der Waals surface area contributed by atoms with Crippen LogP contribution in [0.3, 0.4) is 0 Å². The minimum Gasteiger partial charge on any atom is -0.479 e. The third-order valence-corrected chi connectivity index (χ3v) is 2.70. The molecule has 1 aromatic rings. The van der Waals surface area contributed by atoms with E-state index < -0.39 is 12.1 Å². The number of ether oxygens (including phenoxy) is 1. The lowest BCUT2D eigenvalue weighted by Gasteiger charge is -2.17. The number of hydrogen-bond donors (Lipinski definition) is 1. The van der Waals surface area contributed by atoms with Crippen molar-refractivity contribution in [2.24, 2.45) is 0 Å². The van der Waals surface area contributed by atoms with Gasteiger partial charge in [0.25, 0.3) is 5.91 Å². The van der Waals surface area contributed by atoms with Crippen LogP contribution in [0.2, 0.25) is 5.02 Å². The van der Waals surface area contributed by atoms with Crippen molar-refractivity contribution in [1.29, 1.82) is 5.26 Å². The minimum atomic E-state index is -0.702. The molecule has 0 unspecified atom stereocenters. The van der Waals surface area contributed by atoms with E-state index in [9.17, 15) is 4.79 Å². The topological polar surface area (TPSA) is 62.1 Å². The second-order valence-electron chi connectivity index (χ2n) is 3.79. The van der Waals surface area contributed by atoms with Crippen LogP contribution in [0.4, 0.5) is 0 Å². The van der Waals surface area contributed by atoms with Gasteiger partial charge < -0.3 is 10.1 Å². The summed E-state index contributed by atoms with van der Waals surface area (Å²) in [6, 6.07) is 8.44. The second kappa shape index (κ2) is 6.87. The largest absolute Gasteiger partial charge is 0.479 e. The van der Waals surface area contributed by atoms with Crippen molar-refractivity contribution in [3.63, 3.8) is 0 Å². The Balaban J connectivity index is 2.61. The van der Waals surface area contributed by atoms with Crippen molar-refractivity contribution >= 4 is 17.5 Å². The van der Waals surface area contributed by atoms with E-state index in [4.69, 9.17) is 21.6 Å². The van der Waals surface area contributed by atoms with Crippen molar-refractivity contribution in [2.45, 2.75) is 32.4 Å². The van der Waals surface area contributed by atoms with Gasteiger partial charge in [0.1, 0.15) is 11.8 Å². The number of nitrogens with zero attached hydrogens (tertiary/aromatic N) is 1. The van der Waals surface area contributed by atoms with Crippen LogP contribution >= 0.6 is 11.6 Å². The van der Waals surface area contributed by atoms with E-state index in [2.05, 4.69) is 5.32 Å². The van der Waals surface area contributed by atoms with Crippen LogP contribution in [0.1, 0.15) is 20.3 Å². The number of benzene rings is 1. The molecular weight excluding hydrogens is 252 g/mol. The average molecular weight is 267 g/mol. The zero-order valence-electron chi connectivity index (χ0n) is 10.3. The molecule has 0 radical (unpaired) electrons. The molecule has 4 nitrogen and oxygen atoms in total. The molecule has 1 rings (SSSR count). The maximum Gasteiger partial charge on any atom is 0.261 e. The monoisotopic (exact) mass is 266 g/mol. The Bertz CT molecular complexity index is 457. The van der Waals surface area contributed by atoms with Crippen molar-refractivity contribution in [1.82, 2.24) is 5.32 Å². The summed E-state index contributed by atoms with van der Waals surface area (Å²) < 4.78 is 5.44. The van der Waals surface area contributed by atoms with Gasteiger partial charge in [-0.15, -0.1) is 0 Å². The average Bonchev–Trinajstić information content (AvgIpc) is 2.38. The Labute approximate surface area is 112 Å². The maximum atomic E-state index is 11.8. The first-order chi connectivity index (χ1) is 8.58. The summed E-state index contributed by atoms with van der Waals surface area (Å²) in [7, 11) is 0. The van der Waals surface area contributed by atoms with Crippen LogP contribution in [0.25, 0.3) is 0 Å². The number of nitriles is 1. The van der Waals surface area contributed by atoms with E-state index in [-0.39, 0.29) is 5.91 Å². The van der Waals surface area contributed by atoms with Crippen LogP contribution in [0.15, 0.2) is 24.3 Å². The first-order valence-corrected chi connectivity index (χ1v) is 6.07. The SMILES string of the molecule is CC[C@@H](C#N)NC(=O)[C@H](C)Oc1ccccc1Cl. The fraction of sp³-hybridized carbons (Fsp3) is 0.385. The predicted molar refractivity (Wildman–Crippen MR) is 69.4 cm³/mol. The van der Waals surface area contributed by atoms with Gasteiger partial charge in [-0.2, -0.15) is 5.26 Å². The van der Waals surface area contributed by atoms with E-state index in [1.54, 1.807) is 31.2 Å². The number of rotatable bonds is 5. The fourth-order valence-corrected chi connectivity index (χ4v) is 1.48. The van der Waals surface area contributed by atoms with Crippen LogP contribution in [-0.2, 0) is 4.79 Å². The normalized spacial score (nSPS) is 13.2. The van der Waals surface area contributed by atoms with E-state index in [0.717, 1.165) is 0 Å². The summed E-state index contributed by atoms with van der Waals surface area (Å²) >= 11 is 5.92. The molecule has 0 aliphatic carbocycles. The molecule has 96 valence electrons. The van der Waals surface area contributed by atoms with Gasteiger partial charge in [0.05, 0.1) is 11.1 Å². The van der Waals surface area contributed by atoms with Crippen LogP contribution in [0, 0.1) is 11.3 Å². The molecule has 0 saturated heterocycles. The molecule has 0 aromatic heterocycles. The van der Waals surface area contributed by atoms with E-state index in [1.807, 2.05) is 13.0 Å². The number of nitrogens with one attached hydrogen (secondary N) is 1. The van der Waals surface area contributed by atoms with Gasteiger partial charge in [-0.05, 0) is 25.5 Å². The predicted octanol–water partition coefficient (Wildman–Crippen LogP) is 2.53. The van der Waals surface area contributed by atoms with Gasteiger partial charge in [-0.1, -0.05) is 30.7 Å². The molecule has 1 aromatic carbocycles. The van der Waals surface area contributed by atoms with Crippen molar-refractivity contribution in [3.8, 4) is 11.8 Å². The lowest BCUT2D eigenvalue weighted by molar-refractivity contribution is -0.127. The third-order valence-electron chi connectivity index (χ3n) is 2.39. The first-order valence-electron chi connectivity index (χ1n) is 5.69. The highest BCUT2D eigenvalue weighted by Crippen LogP contribution is 2.24. The third kappa shape index (κ3) is 3.94. The summed E-state index contributed by atoms with van der Waals surface area (Å²) in [6.45, 7) is 3.44. The molecule has 0 fully saturated rings. The van der Waals surface area contributed by atoms with Crippen LogP contribution in [-0.4, -0.2) is 18.1 Å². The molecule has 1 amide bonds. The lowest BCUT2D eigenvalue weighted by Crippen LogP contribution is -2.41. The Morgan fingerprint density at radius 3 is 2.78 bits per heavy atom. The maximum absolute atomic E-state index is 11.8. The fourth-order valence-electron chi connectivity index (χ4n) is 1.30. The molecule has 0 aliphatic heterocycles. The van der Waals surface area contributed by atoms with E-state index in [1.165, 1.54) is 0 Å². The highest BCUT2D eigenvalue weighted by Gasteiger charge is 2.18. The highest BCUT2D eigenvalue weighted by molar-refractivity contribution is 6.32. The molecule has 1 N–H and O–H groups in total. The van der Waals surface area contributed by atoms with E-state index >= 15 is 0 Å². The number of carbonyl (C=O) groups is 1. The molecule has 0 saturated carbocycles. The number of carbonyl (C=O) groups excluding carboxylic acids is 1. The van der Waals surface area contributed by atoms with Gasteiger partial charge >= 0.3 is 0 Å². The van der Waals surface area contributed by atoms with Crippen molar-refractivity contribution in [2.75, 3.05) is 0 Å². The molecule has 0 aliphatic rings. The summed E-state index contributed by atoms with van der Waals surface area (Å²) in [6.07, 6.45) is -0.145. The lowest BCUT2D eigenvalue weighted by atomic mass is 10.2. The van der Waals surface area contributed by atoms with Gasteiger partial charge in [-0.25, -0.2) is 0 Å². The number of hydrogen-bond acceptors (Lipinski definition) is 3. The van der Waals surface area contributed by atoms with Crippen LogP contribution < -0.4 is 10.1 Å². The zero-order valence-corrected chi connectivity index (χ0v) is 11.1. The molecule has 0 spiro atoms. The summed E-state index contributed by atoms with van der Waals surface area (Å²) in [4.78, 5) is 11.8. The molecular formula is C13H15ClN2O2. The molecule has 5 heteroatoms. The summed E-state index contributed by atoms with van der Waals surface area (Å²) in [5, 5.41) is 11.8. The smallest absolute Gasteiger partial charge is 0.261 e. The Morgan fingerprint density at radius 1 is 1.56 bits per heavy atom. The Kier molecular flexibility index (Phi) is 5.47. The van der Waals surface area contributed by atoms with Crippen molar-refractivity contribution < 1.29 is 9.53 Å². The van der Waals surface area contributed by atoms with Gasteiger partial charge in [0, 0.05) is 0 Å². The van der Waals surface area contributed by atoms with Gasteiger partial charge in [0.15, 0.2) is 6.10 Å². The molecule has 0 heterocycles. The second-order valence-corrected chi connectivity index (χ2v) is 4.20. The molecule has 18 heavy (non-hydrogen) atoms. The number of halogens is 1. The molecule has 0 bridgehead atoms. The summed E-state index contributed by atoms with van der Waals surface area (Å²) in [5.41, 5.74) is 0. The van der Waals surface area contributed by atoms with Crippen molar-refractivity contribution in [3.05, 3.63) is 29.3 Å². The Hall–Kier alpha value is -1.73. The van der Waals surface area contributed by atoms with Crippen LogP contribution in [0.5, 0.6) is 5.75 Å². The number of para-hydroxylation sites is 1. The number of amides is 1. The summed E-state index contributed by atoms with van der Waals surface area (Å²) in [5.74, 6) is 0.121.